The molecule has 0 fully saturated rings. The molecule has 90 valence electrons. The van der Waals surface area contributed by atoms with Gasteiger partial charge in [0.25, 0.3) is 0 Å². The molecule has 0 amide bonds. The normalized spacial score (nSPS) is 11.2. The molecule has 0 spiro atoms. The molecular weight excluding hydrogens is 196 g/mol. The van der Waals surface area contributed by atoms with E-state index in [1.165, 1.54) is 16.7 Å². The Hall–Kier alpha value is -1.11. The second-order valence-electron chi connectivity index (χ2n) is 4.78. The monoisotopic (exact) mass is 220 g/mol. The maximum atomic E-state index is 10.5. The smallest absolute Gasteiger partial charge is 0.142 e. The number of hydrogen-bond donors (Lipinski definition) is 0. The topological polar surface area (TPSA) is 17.1 Å². The van der Waals surface area contributed by atoms with Gasteiger partial charge in [-0.3, -0.25) is 4.79 Å². The van der Waals surface area contributed by atoms with Gasteiger partial charge in [-0.25, -0.2) is 0 Å². The zero-order chi connectivity index (χ0) is 12.6. The summed E-state index contributed by atoms with van der Waals surface area (Å²) >= 11 is 0. The molecule has 1 heteroatoms. The first-order valence-electron chi connectivity index (χ1n) is 5.86. The van der Waals surface area contributed by atoms with Gasteiger partial charge in [-0.1, -0.05) is 28.9 Å². The molecule has 0 saturated carbocycles. The van der Waals surface area contributed by atoms with Gasteiger partial charge in [0, 0.05) is 0 Å². The maximum Gasteiger partial charge on any atom is 0.142 e. The Labute approximate surface area is 99.9 Å². The molecular formula is C15H24O. The van der Waals surface area contributed by atoms with Gasteiger partial charge in [0.05, 0.1) is 0 Å². The average molecular weight is 220 g/mol. The molecule has 0 aromatic carbocycles. The van der Waals surface area contributed by atoms with E-state index in [-0.39, 0.29) is 0 Å². The lowest BCUT2D eigenvalue weighted by Gasteiger charge is -2.14. The Bertz CT molecular complexity index is 277. The van der Waals surface area contributed by atoms with Crippen LogP contribution in [0.25, 0.3) is 0 Å². The summed E-state index contributed by atoms with van der Waals surface area (Å²) < 4.78 is 0. The quantitative estimate of drug-likeness (QED) is 0.367. The van der Waals surface area contributed by atoms with Crippen molar-refractivity contribution in [3.63, 3.8) is 0 Å². The minimum Gasteiger partial charge on any atom is -0.299 e. The molecule has 0 rings (SSSR count). The van der Waals surface area contributed by atoms with Crippen LogP contribution in [0.4, 0.5) is 0 Å². The van der Waals surface area contributed by atoms with Crippen molar-refractivity contribution in [2.45, 2.75) is 47.5 Å². The zero-order valence-corrected chi connectivity index (χ0v) is 11.2. The molecule has 1 nitrogen and oxygen atoms in total. The first-order valence-corrected chi connectivity index (χ1v) is 5.86. The Balaban J connectivity index is 4.63. The molecule has 0 N–H and O–H groups in total. The molecule has 16 heavy (non-hydrogen) atoms. The van der Waals surface area contributed by atoms with Crippen LogP contribution < -0.4 is 0 Å². The molecule has 0 aliphatic heterocycles. The SMILES string of the molecule is CC(C)=CCC(CC=C(C)C)/C(C)=C\C=O. The second kappa shape index (κ2) is 8.09. The van der Waals surface area contributed by atoms with Crippen LogP contribution in [0.1, 0.15) is 47.5 Å². The number of carbonyl (C=O) groups excluding carboxylic acids is 1. The van der Waals surface area contributed by atoms with Crippen LogP contribution in [0, 0.1) is 5.92 Å². The van der Waals surface area contributed by atoms with Crippen molar-refractivity contribution in [2.24, 2.45) is 5.92 Å². The van der Waals surface area contributed by atoms with E-state index in [1.54, 1.807) is 6.08 Å². The van der Waals surface area contributed by atoms with Gasteiger partial charge in [-0.05, 0) is 59.5 Å². The number of rotatable bonds is 6. The van der Waals surface area contributed by atoms with E-state index in [0.717, 1.165) is 19.1 Å². The molecule has 0 atom stereocenters. The standard InChI is InChI=1S/C15H24O/c1-12(2)6-8-15(9-7-13(3)4)14(5)10-11-16/h6-7,10-11,15H,8-9H2,1-5H3/b14-10-. The summed E-state index contributed by atoms with van der Waals surface area (Å²) in [6.07, 6.45) is 9.08. The predicted octanol–water partition coefficient (Wildman–Crippen LogP) is 4.46. The molecule has 0 aromatic rings. The Morgan fingerprint density at radius 2 is 1.38 bits per heavy atom. The summed E-state index contributed by atoms with van der Waals surface area (Å²) in [5, 5.41) is 0. The molecule has 0 saturated heterocycles. The third kappa shape index (κ3) is 7.22. The molecule has 0 radical (unpaired) electrons. The van der Waals surface area contributed by atoms with Gasteiger partial charge < -0.3 is 0 Å². The third-order valence-electron chi connectivity index (χ3n) is 2.60. The van der Waals surface area contributed by atoms with E-state index in [0.29, 0.717) is 5.92 Å². The van der Waals surface area contributed by atoms with E-state index in [2.05, 4.69) is 39.8 Å². The summed E-state index contributed by atoms with van der Waals surface area (Å²) in [5.41, 5.74) is 3.84. The number of allylic oxidation sites excluding steroid dienone is 6. The van der Waals surface area contributed by atoms with Crippen molar-refractivity contribution in [1.82, 2.24) is 0 Å². The van der Waals surface area contributed by atoms with Crippen LogP contribution in [0.5, 0.6) is 0 Å². The van der Waals surface area contributed by atoms with Crippen LogP contribution in [-0.2, 0) is 4.79 Å². The van der Waals surface area contributed by atoms with Crippen LogP contribution in [-0.4, -0.2) is 6.29 Å². The second-order valence-corrected chi connectivity index (χ2v) is 4.78. The van der Waals surface area contributed by atoms with E-state index >= 15 is 0 Å². The fourth-order valence-electron chi connectivity index (χ4n) is 1.47. The lowest BCUT2D eigenvalue weighted by Crippen LogP contribution is -2.00. The Morgan fingerprint density at radius 1 is 0.938 bits per heavy atom. The third-order valence-corrected chi connectivity index (χ3v) is 2.60. The van der Waals surface area contributed by atoms with Crippen LogP contribution in [0.2, 0.25) is 0 Å². The van der Waals surface area contributed by atoms with Crippen molar-refractivity contribution in [3.05, 3.63) is 34.9 Å². The average Bonchev–Trinajstić information content (AvgIpc) is 2.17. The van der Waals surface area contributed by atoms with Gasteiger partial charge in [0.15, 0.2) is 0 Å². The lowest BCUT2D eigenvalue weighted by atomic mass is 9.91. The van der Waals surface area contributed by atoms with E-state index in [4.69, 9.17) is 0 Å². The van der Waals surface area contributed by atoms with Crippen molar-refractivity contribution in [2.75, 3.05) is 0 Å². The van der Waals surface area contributed by atoms with Crippen LogP contribution in [0.15, 0.2) is 34.9 Å². The molecule has 0 heterocycles. The van der Waals surface area contributed by atoms with Gasteiger partial charge in [0.2, 0.25) is 0 Å². The summed E-state index contributed by atoms with van der Waals surface area (Å²) in [6.45, 7) is 10.5. The van der Waals surface area contributed by atoms with Crippen LogP contribution in [0.3, 0.4) is 0 Å². The minimum absolute atomic E-state index is 0.454. The highest BCUT2D eigenvalue weighted by Crippen LogP contribution is 2.21. The fourth-order valence-corrected chi connectivity index (χ4v) is 1.47. The molecule has 0 aliphatic carbocycles. The van der Waals surface area contributed by atoms with Crippen molar-refractivity contribution in [3.8, 4) is 0 Å². The Morgan fingerprint density at radius 3 is 1.69 bits per heavy atom. The largest absolute Gasteiger partial charge is 0.299 e. The van der Waals surface area contributed by atoms with Gasteiger partial charge >= 0.3 is 0 Å². The van der Waals surface area contributed by atoms with Crippen LogP contribution >= 0.6 is 0 Å². The number of carbonyl (C=O) groups is 1. The molecule has 0 aliphatic rings. The maximum absolute atomic E-state index is 10.5. The van der Waals surface area contributed by atoms with E-state index < -0.39 is 0 Å². The first kappa shape index (κ1) is 14.9. The summed E-state index contributed by atoms with van der Waals surface area (Å²) in [5.74, 6) is 0.454. The fraction of sp³-hybridized carbons (Fsp3) is 0.533. The van der Waals surface area contributed by atoms with Gasteiger partial charge in [-0.2, -0.15) is 0 Å². The first-order chi connectivity index (χ1) is 7.47. The van der Waals surface area contributed by atoms with Crippen molar-refractivity contribution >= 4 is 6.29 Å². The van der Waals surface area contributed by atoms with E-state index in [9.17, 15) is 4.79 Å². The van der Waals surface area contributed by atoms with Crippen molar-refractivity contribution in [1.29, 1.82) is 0 Å². The molecule has 0 aromatic heterocycles. The summed E-state index contributed by atoms with van der Waals surface area (Å²) in [6, 6.07) is 0. The molecule has 0 bridgehead atoms. The predicted molar refractivity (Wildman–Crippen MR) is 71.4 cm³/mol. The summed E-state index contributed by atoms with van der Waals surface area (Å²) in [7, 11) is 0. The number of hydrogen-bond acceptors (Lipinski definition) is 1. The highest BCUT2D eigenvalue weighted by Gasteiger charge is 2.07. The van der Waals surface area contributed by atoms with E-state index in [1.807, 2.05) is 6.92 Å². The summed E-state index contributed by atoms with van der Waals surface area (Å²) in [4.78, 5) is 10.5. The van der Waals surface area contributed by atoms with Gasteiger partial charge in [0.1, 0.15) is 6.29 Å². The highest BCUT2D eigenvalue weighted by atomic mass is 16.1. The highest BCUT2D eigenvalue weighted by molar-refractivity contribution is 5.66. The lowest BCUT2D eigenvalue weighted by molar-refractivity contribution is -0.104. The zero-order valence-electron chi connectivity index (χ0n) is 11.2. The van der Waals surface area contributed by atoms with Crippen molar-refractivity contribution < 1.29 is 4.79 Å². The molecule has 0 unspecified atom stereocenters. The minimum atomic E-state index is 0.454. The number of aldehydes is 1. The van der Waals surface area contributed by atoms with Gasteiger partial charge in [-0.15, -0.1) is 0 Å². The Kier molecular flexibility index (Phi) is 7.53.